The van der Waals surface area contributed by atoms with Crippen molar-refractivity contribution in [1.29, 1.82) is 0 Å². The first-order chi connectivity index (χ1) is 15.1. The number of unbranched alkanes of at least 4 members (excludes halogenated alkanes) is 3. The Morgan fingerprint density at radius 3 is 2.32 bits per heavy atom. The van der Waals surface area contributed by atoms with Crippen LogP contribution < -0.4 is 16.0 Å². The van der Waals surface area contributed by atoms with E-state index in [4.69, 9.17) is 5.73 Å². The van der Waals surface area contributed by atoms with E-state index in [-0.39, 0.29) is 11.8 Å². The number of nitrogens with zero attached hydrogens (tertiary/aromatic N) is 3. The van der Waals surface area contributed by atoms with E-state index in [1.807, 2.05) is 67.3 Å². The van der Waals surface area contributed by atoms with Gasteiger partial charge in [0.1, 0.15) is 0 Å². The second kappa shape index (κ2) is 13.0. The Morgan fingerprint density at radius 2 is 1.71 bits per heavy atom. The fraction of sp³-hybridized carbons (Fsp3) is 0.333. The minimum absolute atomic E-state index is 0.199. The normalized spacial score (nSPS) is 11.5. The van der Waals surface area contributed by atoms with Crippen LogP contribution in [0.2, 0.25) is 0 Å². The lowest BCUT2D eigenvalue weighted by molar-refractivity contribution is -0.118. The number of carbonyl (C=O) groups is 2. The second-order valence-electron chi connectivity index (χ2n) is 7.04. The number of carbonyl (C=O) groups excluding carboxylic acids is 2. The summed E-state index contributed by atoms with van der Waals surface area (Å²) in [5.74, 6) is 0.0212. The third-order valence-corrected chi connectivity index (χ3v) is 4.64. The van der Waals surface area contributed by atoms with Crippen LogP contribution in [0.1, 0.15) is 56.3 Å². The molecule has 1 aromatic heterocycles. The van der Waals surface area contributed by atoms with E-state index in [9.17, 15) is 9.59 Å². The number of hydrogen-bond donors (Lipinski definition) is 2. The summed E-state index contributed by atoms with van der Waals surface area (Å²) in [6, 6.07) is 9.85. The number of allylic oxidation sites excluding steroid dienone is 3. The summed E-state index contributed by atoms with van der Waals surface area (Å²) in [6.45, 7) is 4.48. The lowest BCUT2D eigenvalue weighted by atomic mass is 10.1. The number of para-hydroxylation sites is 1. The van der Waals surface area contributed by atoms with Crippen LogP contribution in [0.4, 0.5) is 11.6 Å². The lowest BCUT2D eigenvalue weighted by Gasteiger charge is -2.23. The van der Waals surface area contributed by atoms with Crippen molar-refractivity contribution >= 4 is 23.5 Å². The number of hydrogen-bond acceptors (Lipinski definition) is 5. The molecule has 1 heterocycles. The van der Waals surface area contributed by atoms with Gasteiger partial charge in [0.2, 0.25) is 11.9 Å². The predicted molar refractivity (Wildman–Crippen MR) is 124 cm³/mol. The van der Waals surface area contributed by atoms with Crippen LogP contribution in [0.3, 0.4) is 0 Å². The molecule has 0 saturated heterocycles. The minimum atomic E-state index is -0.269. The van der Waals surface area contributed by atoms with E-state index in [0.29, 0.717) is 24.5 Å². The first kappa shape index (κ1) is 23.8. The highest BCUT2D eigenvalue weighted by Crippen LogP contribution is 2.27. The van der Waals surface area contributed by atoms with Gasteiger partial charge in [-0.3, -0.25) is 14.5 Å². The Bertz CT molecular complexity index is 892. The monoisotopic (exact) mass is 421 g/mol. The number of aromatic nitrogens is 2. The van der Waals surface area contributed by atoms with Crippen molar-refractivity contribution in [2.45, 2.75) is 46.0 Å². The molecule has 31 heavy (non-hydrogen) atoms. The lowest BCUT2D eigenvalue weighted by Crippen LogP contribution is -2.25. The molecule has 2 aromatic rings. The molecule has 2 amide bonds. The molecule has 164 valence electrons. The van der Waals surface area contributed by atoms with Gasteiger partial charge in [0.15, 0.2) is 0 Å². The fourth-order valence-corrected chi connectivity index (χ4v) is 3.06. The van der Waals surface area contributed by atoms with Crippen LogP contribution in [0.15, 0.2) is 66.7 Å². The van der Waals surface area contributed by atoms with E-state index < -0.39 is 0 Å². The zero-order valence-corrected chi connectivity index (χ0v) is 18.3. The molecule has 0 unspecified atom stereocenters. The van der Waals surface area contributed by atoms with Crippen molar-refractivity contribution in [3.8, 4) is 0 Å². The van der Waals surface area contributed by atoms with Gasteiger partial charge < -0.3 is 11.1 Å². The topological polar surface area (TPSA) is 101 Å². The SMILES string of the molecule is C/C=C\C(=C/C)N(c1ccccc1)c1ncc(C(=O)NCCCCCCC(N)=O)cn1. The molecule has 0 radical (unpaired) electrons. The molecule has 0 aliphatic rings. The Labute approximate surface area is 184 Å². The Hall–Kier alpha value is -3.48. The van der Waals surface area contributed by atoms with Crippen LogP contribution in [0.5, 0.6) is 0 Å². The molecule has 0 spiro atoms. The molecule has 1 aromatic carbocycles. The highest BCUT2D eigenvalue weighted by Gasteiger charge is 2.16. The molecule has 7 nitrogen and oxygen atoms in total. The van der Waals surface area contributed by atoms with Gasteiger partial charge in [0.25, 0.3) is 5.91 Å². The predicted octanol–water partition coefficient (Wildman–Crippen LogP) is 4.26. The largest absolute Gasteiger partial charge is 0.370 e. The summed E-state index contributed by atoms with van der Waals surface area (Å²) in [5.41, 5.74) is 7.40. The molecule has 0 saturated carbocycles. The number of anilines is 2. The number of amides is 2. The average Bonchev–Trinajstić information content (AvgIpc) is 2.79. The maximum atomic E-state index is 12.4. The van der Waals surface area contributed by atoms with Crippen LogP contribution >= 0.6 is 0 Å². The van der Waals surface area contributed by atoms with Gasteiger partial charge in [-0.1, -0.05) is 43.2 Å². The van der Waals surface area contributed by atoms with Gasteiger partial charge in [-0.05, 0) is 44.9 Å². The summed E-state index contributed by atoms with van der Waals surface area (Å²) < 4.78 is 0. The maximum absolute atomic E-state index is 12.4. The highest BCUT2D eigenvalue weighted by molar-refractivity contribution is 5.93. The van der Waals surface area contributed by atoms with Crippen molar-refractivity contribution in [2.24, 2.45) is 5.73 Å². The van der Waals surface area contributed by atoms with Gasteiger partial charge in [-0.2, -0.15) is 0 Å². The van der Waals surface area contributed by atoms with Gasteiger partial charge in [0.05, 0.1) is 5.56 Å². The summed E-state index contributed by atoms with van der Waals surface area (Å²) >= 11 is 0. The molecule has 3 N–H and O–H groups in total. The maximum Gasteiger partial charge on any atom is 0.254 e. The molecular weight excluding hydrogens is 390 g/mol. The standard InChI is InChI=1S/C24H31N5O2/c1-3-12-20(4-2)29(21-13-8-7-9-14-21)24-27-17-19(18-28-24)23(31)26-16-11-6-5-10-15-22(25)30/h3-4,7-9,12-14,17-18H,5-6,10-11,15-16H2,1-2H3,(H2,25,30)(H,26,31)/b12-3-,20-4+. The first-order valence-corrected chi connectivity index (χ1v) is 10.6. The van der Waals surface area contributed by atoms with Crippen molar-refractivity contribution in [2.75, 3.05) is 11.4 Å². The second-order valence-corrected chi connectivity index (χ2v) is 7.04. The fourth-order valence-electron chi connectivity index (χ4n) is 3.06. The van der Waals surface area contributed by atoms with Gasteiger partial charge in [-0.25, -0.2) is 9.97 Å². The van der Waals surface area contributed by atoms with E-state index in [1.165, 1.54) is 0 Å². The zero-order valence-electron chi connectivity index (χ0n) is 18.3. The van der Waals surface area contributed by atoms with Crippen LogP contribution in [-0.2, 0) is 4.79 Å². The number of nitrogens with two attached hydrogens (primary N) is 1. The summed E-state index contributed by atoms with van der Waals surface area (Å²) in [5, 5.41) is 2.89. The van der Waals surface area contributed by atoms with Gasteiger partial charge in [-0.15, -0.1) is 0 Å². The van der Waals surface area contributed by atoms with Crippen molar-refractivity contribution < 1.29 is 9.59 Å². The highest BCUT2D eigenvalue weighted by atomic mass is 16.2. The van der Waals surface area contributed by atoms with Gasteiger partial charge in [0, 0.05) is 36.7 Å². The number of rotatable bonds is 12. The Morgan fingerprint density at radius 1 is 1.03 bits per heavy atom. The summed E-state index contributed by atoms with van der Waals surface area (Å²) in [6.07, 6.45) is 12.9. The third-order valence-electron chi connectivity index (χ3n) is 4.64. The van der Waals surface area contributed by atoms with Crippen LogP contribution in [0, 0.1) is 0 Å². The third kappa shape index (κ3) is 7.70. The summed E-state index contributed by atoms with van der Waals surface area (Å²) in [7, 11) is 0. The Kier molecular flexibility index (Phi) is 9.94. The van der Waals surface area contributed by atoms with Crippen molar-refractivity contribution in [1.82, 2.24) is 15.3 Å². The molecule has 2 rings (SSSR count). The number of primary amides is 1. The van der Waals surface area contributed by atoms with Gasteiger partial charge >= 0.3 is 0 Å². The first-order valence-electron chi connectivity index (χ1n) is 10.6. The molecule has 0 fully saturated rings. The molecule has 0 bridgehead atoms. The van der Waals surface area contributed by atoms with Crippen molar-refractivity contribution in [3.05, 3.63) is 72.2 Å². The van der Waals surface area contributed by atoms with Crippen LogP contribution in [-0.4, -0.2) is 28.3 Å². The van der Waals surface area contributed by atoms with E-state index >= 15 is 0 Å². The smallest absolute Gasteiger partial charge is 0.254 e. The Balaban J connectivity index is 1.99. The molecule has 7 heteroatoms. The number of benzene rings is 1. The molecule has 0 atom stereocenters. The van der Waals surface area contributed by atoms with E-state index in [0.717, 1.165) is 37.1 Å². The van der Waals surface area contributed by atoms with E-state index in [2.05, 4.69) is 15.3 Å². The zero-order chi connectivity index (χ0) is 22.5. The van der Waals surface area contributed by atoms with Crippen molar-refractivity contribution in [3.63, 3.8) is 0 Å². The quantitative estimate of drug-likeness (QED) is 0.394. The summed E-state index contributed by atoms with van der Waals surface area (Å²) in [4.78, 5) is 33.9. The molecule has 0 aliphatic heterocycles. The number of nitrogens with one attached hydrogen (secondary N) is 1. The van der Waals surface area contributed by atoms with Crippen LogP contribution in [0.25, 0.3) is 0 Å². The molecule has 0 aliphatic carbocycles. The minimum Gasteiger partial charge on any atom is -0.370 e. The van der Waals surface area contributed by atoms with E-state index in [1.54, 1.807) is 12.4 Å². The average molecular weight is 422 g/mol. The molecular formula is C24H31N5O2.